The van der Waals surface area contributed by atoms with Crippen LogP contribution in [0.3, 0.4) is 0 Å². The highest BCUT2D eigenvalue weighted by atomic mass is 32.2. The van der Waals surface area contributed by atoms with E-state index < -0.39 is 28.7 Å². The van der Waals surface area contributed by atoms with E-state index in [1.54, 1.807) is 28.4 Å². The summed E-state index contributed by atoms with van der Waals surface area (Å²) < 4.78 is 0.829. The predicted octanol–water partition coefficient (Wildman–Crippen LogP) is 1.32. The molecule has 7 atom stereocenters. The summed E-state index contributed by atoms with van der Waals surface area (Å²) in [6.45, 7) is 1.80. The molecule has 0 aliphatic carbocycles. The fraction of sp³-hybridized carbons (Fsp3) is 0.444. The zero-order valence-electron chi connectivity index (χ0n) is 21.2. The molecular weight excluding hydrogens is 504 g/mol. The van der Waals surface area contributed by atoms with Gasteiger partial charge in [0.1, 0.15) is 18.2 Å². The van der Waals surface area contributed by atoms with Gasteiger partial charge >= 0.3 is 0 Å². The van der Waals surface area contributed by atoms with Crippen molar-refractivity contribution in [3.63, 3.8) is 0 Å². The fourth-order valence-corrected chi connectivity index (χ4v) is 9.28. The molecule has 3 aromatic rings. The number of aliphatic hydroxyl groups is 1. The number of carbonyl (C=O) groups is 3. The summed E-state index contributed by atoms with van der Waals surface area (Å²) >= 11 is 1.60. The number of carbonyl (C=O) groups excluding carboxylic acids is 3. The predicted molar refractivity (Wildman–Crippen MR) is 142 cm³/mol. The van der Waals surface area contributed by atoms with Gasteiger partial charge in [0.2, 0.25) is 17.7 Å². The van der Waals surface area contributed by atoms with Crippen molar-refractivity contribution in [2.45, 2.75) is 42.1 Å². The van der Waals surface area contributed by atoms with Crippen molar-refractivity contribution < 1.29 is 19.5 Å². The van der Waals surface area contributed by atoms with Crippen LogP contribution in [0, 0.1) is 17.8 Å². The lowest BCUT2D eigenvalue weighted by Crippen LogP contribution is -2.57. The molecule has 3 aliphatic heterocycles. The summed E-state index contributed by atoms with van der Waals surface area (Å²) in [6.07, 6.45) is 0.743. The van der Waals surface area contributed by atoms with Crippen LogP contribution in [0.15, 0.2) is 54.6 Å². The number of benzene rings is 2. The van der Waals surface area contributed by atoms with E-state index in [0.29, 0.717) is 0 Å². The van der Waals surface area contributed by atoms with E-state index >= 15 is 0 Å². The van der Waals surface area contributed by atoms with Gasteiger partial charge in [0.05, 0.1) is 34.7 Å². The quantitative estimate of drug-likeness (QED) is 0.417. The Balaban J connectivity index is 1.40. The van der Waals surface area contributed by atoms with Crippen LogP contribution < -0.4 is 10.6 Å². The minimum absolute atomic E-state index is 0.0235. The van der Waals surface area contributed by atoms with Crippen molar-refractivity contribution in [1.29, 1.82) is 0 Å². The first kappa shape index (κ1) is 24.9. The molecule has 1 aromatic heterocycles. The third kappa shape index (κ3) is 3.48. The van der Waals surface area contributed by atoms with Gasteiger partial charge in [-0.1, -0.05) is 54.6 Å². The minimum atomic E-state index is -0.869. The number of hydrogen-bond donors (Lipinski definition) is 3. The second-order valence-corrected chi connectivity index (χ2v) is 11.8. The van der Waals surface area contributed by atoms with E-state index in [1.807, 2.05) is 54.6 Å². The summed E-state index contributed by atoms with van der Waals surface area (Å²) in [6, 6.07) is 15.1. The first-order valence-corrected chi connectivity index (χ1v) is 13.7. The van der Waals surface area contributed by atoms with Crippen LogP contribution in [-0.4, -0.2) is 72.4 Å². The second kappa shape index (κ2) is 9.39. The third-order valence-electron chi connectivity index (χ3n) is 8.50. The van der Waals surface area contributed by atoms with Gasteiger partial charge in [-0.3, -0.25) is 14.4 Å². The molecule has 198 valence electrons. The zero-order valence-corrected chi connectivity index (χ0v) is 22.0. The molecule has 10 nitrogen and oxygen atoms in total. The van der Waals surface area contributed by atoms with Crippen LogP contribution in [0.5, 0.6) is 0 Å². The topological polar surface area (TPSA) is 129 Å². The Morgan fingerprint density at radius 3 is 2.63 bits per heavy atom. The highest BCUT2D eigenvalue weighted by Gasteiger charge is 2.76. The van der Waals surface area contributed by atoms with Gasteiger partial charge in [-0.25, -0.2) is 4.68 Å². The number of aliphatic hydroxyl groups excluding tert-OH is 1. The van der Waals surface area contributed by atoms with Gasteiger partial charge in [-0.15, -0.1) is 16.9 Å². The number of nitrogens with zero attached hydrogens (tertiary/aromatic N) is 4. The number of thioether (sulfide) groups is 1. The Labute approximate surface area is 224 Å². The van der Waals surface area contributed by atoms with Crippen LogP contribution in [0.1, 0.15) is 24.9 Å². The summed E-state index contributed by atoms with van der Waals surface area (Å²) in [7, 11) is 1.58. The smallest absolute Gasteiger partial charge is 0.245 e. The number of para-hydroxylation sites is 1. The molecule has 3 aliphatic rings. The largest absolute Gasteiger partial charge is 0.394 e. The summed E-state index contributed by atoms with van der Waals surface area (Å²) in [5.74, 6) is -1.91. The van der Waals surface area contributed by atoms with Gasteiger partial charge in [-0.2, -0.15) is 0 Å². The normalized spacial score (nSPS) is 30.4. The summed E-state index contributed by atoms with van der Waals surface area (Å²) in [5.41, 5.74) is 2.24. The maximum absolute atomic E-state index is 14.3. The number of fused-ring (bicyclic) bond motifs is 2. The van der Waals surface area contributed by atoms with Crippen LogP contribution in [0.4, 0.5) is 0 Å². The average molecular weight is 535 g/mol. The molecule has 3 unspecified atom stereocenters. The molecule has 1 spiro atoms. The third-order valence-corrected chi connectivity index (χ3v) is 10.6. The van der Waals surface area contributed by atoms with Gasteiger partial charge in [-0.05, 0) is 30.0 Å². The Morgan fingerprint density at radius 1 is 1.16 bits per heavy atom. The van der Waals surface area contributed by atoms with Crippen molar-refractivity contribution in [3.05, 3.63) is 60.2 Å². The number of aromatic nitrogens is 3. The van der Waals surface area contributed by atoms with Gasteiger partial charge in [0.15, 0.2) is 0 Å². The van der Waals surface area contributed by atoms with Crippen molar-refractivity contribution in [2.75, 3.05) is 13.7 Å². The number of nitrogens with one attached hydrogen (secondary N) is 2. The molecule has 3 N–H and O–H groups in total. The SMILES string of the molecule is CNC(=O)[C@@H]1[C@H]2C(=O)N([C@H](CO)c3ccccc3)C(C(=O)NCn3nnc4ccccc43)C23S[C@@H]1CC3C. The molecule has 3 amide bonds. The molecule has 0 radical (unpaired) electrons. The molecule has 0 saturated carbocycles. The highest BCUT2D eigenvalue weighted by Crippen LogP contribution is 2.69. The van der Waals surface area contributed by atoms with Crippen molar-refractivity contribution in [1.82, 2.24) is 30.5 Å². The molecule has 38 heavy (non-hydrogen) atoms. The van der Waals surface area contributed by atoms with E-state index in [1.165, 1.54) is 0 Å². The lowest BCUT2D eigenvalue weighted by Gasteiger charge is -2.40. The summed E-state index contributed by atoms with van der Waals surface area (Å²) in [4.78, 5) is 43.0. The van der Waals surface area contributed by atoms with Crippen LogP contribution >= 0.6 is 11.8 Å². The lowest BCUT2D eigenvalue weighted by molar-refractivity contribution is -0.143. The number of likely N-dealkylation sites (tertiary alicyclic amines) is 1. The summed E-state index contributed by atoms with van der Waals surface area (Å²) in [5, 5.41) is 24.6. The maximum Gasteiger partial charge on any atom is 0.245 e. The van der Waals surface area contributed by atoms with E-state index in [2.05, 4.69) is 27.9 Å². The Hall–Kier alpha value is -3.44. The van der Waals surface area contributed by atoms with E-state index in [-0.39, 0.29) is 42.2 Å². The van der Waals surface area contributed by atoms with E-state index in [9.17, 15) is 19.5 Å². The second-order valence-electron chi connectivity index (χ2n) is 10.3. The molecule has 3 saturated heterocycles. The van der Waals surface area contributed by atoms with Crippen molar-refractivity contribution >= 4 is 40.5 Å². The van der Waals surface area contributed by atoms with Crippen LogP contribution in [0.25, 0.3) is 11.0 Å². The molecule has 4 heterocycles. The van der Waals surface area contributed by atoms with Crippen LogP contribution in [0.2, 0.25) is 0 Å². The zero-order chi connectivity index (χ0) is 26.6. The van der Waals surface area contributed by atoms with Crippen molar-refractivity contribution in [2.24, 2.45) is 17.8 Å². The number of amides is 3. The Kier molecular flexibility index (Phi) is 6.14. The molecule has 3 fully saturated rings. The maximum atomic E-state index is 14.3. The monoisotopic (exact) mass is 534 g/mol. The van der Waals surface area contributed by atoms with Crippen LogP contribution in [-0.2, 0) is 21.1 Å². The van der Waals surface area contributed by atoms with Crippen molar-refractivity contribution in [3.8, 4) is 0 Å². The van der Waals surface area contributed by atoms with E-state index in [4.69, 9.17) is 0 Å². The minimum Gasteiger partial charge on any atom is -0.394 e. The molecule has 6 rings (SSSR count). The Morgan fingerprint density at radius 2 is 1.89 bits per heavy atom. The number of rotatable bonds is 7. The molecular formula is C27H30N6O4S. The first-order valence-electron chi connectivity index (χ1n) is 12.9. The highest BCUT2D eigenvalue weighted by molar-refractivity contribution is 8.02. The standard InChI is InChI=1S/C27H30N6O4S/c1-15-12-20-21(24(35)28-2)22-26(37)33(19(13-34)16-8-4-3-5-9-16)23(27(15,22)38-20)25(36)29-14-32-18-11-7-6-10-17(18)30-31-32/h3-11,15,19-23,34H,12-14H2,1-2H3,(H,28,35)(H,29,36)/t15?,19-,20-,21+,22+,23?,27?/m1/s1. The fourth-order valence-electron chi connectivity index (χ4n) is 6.87. The van der Waals surface area contributed by atoms with E-state index in [0.717, 1.165) is 23.0 Å². The lowest BCUT2D eigenvalue weighted by atomic mass is 9.66. The average Bonchev–Trinajstić information content (AvgIpc) is 3.66. The van der Waals surface area contributed by atoms with Gasteiger partial charge in [0, 0.05) is 12.3 Å². The first-order chi connectivity index (χ1) is 18.4. The van der Waals surface area contributed by atoms with Gasteiger partial charge in [0.25, 0.3) is 0 Å². The molecule has 2 aromatic carbocycles. The van der Waals surface area contributed by atoms with Gasteiger partial charge < -0.3 is 20.6 Å². The number of hydrogen-bond acceptors (Lipinski definition) is 7. The Bertz CT molecular complexity index is 1400. The molecule has 11 heteroatoms. The molecule has 2 bridgehead atoms.